The molecule has 2 aromatic rings. The Kier molecular flexibility index (Phi) is 4.01. The van der Waals surface area contributed by atoms with E-state index >= 15 is 0 Å². The Morgan fingerprint density at radius 2 is 1.79 bits per heavy atom. The van der Waals surface area contributed by atoms with E-state index in [4.69, 9.17) is 0 Å². The molecule has 1 aliphatic rings. The van der Waals surface area contributed by atoms with Crippen LogP contribution in [0.4, 0.5) is 18.9 Å². The van der Waals surface area contributed by atoms with E-state index in [0.717, 1.165) is 23.3 Å². The van der Waals surface area contributed by atoms with Crippen molar-refractivity contribution in [2.75, 3.05) is 5.32 Å². The van der Waals surface area contributed by atoms with Gasteiger partial charge < -0.3 is 5.32 Å². The maximum absolute atomic E-state index is 12.8. The second kappa shape index (κ2) is 6.00. The Morgan fingerprint density at radius 1 is 1.08 bits per heavy atom. The van der Waals surface area contributed by atoms with Crippen LogP contribution in [0.1, 0.15) is 23.6 Å². The SMILES string of the molecule is CC(=C\c1ccccc1)/C=C1/C(=O)Nc2cc(C(F)(F)F)ccc21. The average Bonchev–Trinajstić information content (AvgIpc) is 2.82. The van der Waals surface area contributed by atoms with E-state index in [1.54, 1.807) is 6.08 Å². The molecule has 0 saturated heterocycles. The van der Waals surface area contributed by atoms with Crippen molar-refractivity contribution in [2.24, 2.45) is 0 Å². The molecule has 0 radical (unpaired) electrons. The van der Waals surface area contributed by atoms with Crippen molar-refractivity contribution >= 4 is 23.2 Å². The van der Waals surface area contributed by atoms with Crippen LogP contribution in [0.25, 0.3) is 11.6 Å². The summed E-state index contributed by atoms with van der Waals surface area (Å²) in [5.74, 6) is -0.398. The summed E-state index contributed by atoms with van der Waals surface area (Å²) in [7, 11) is 0. The summed E-state index contributed by atoms with van der Waals surface area (Å²) in [6, 6.07) is 12.9. The lowest BCUT2D eigenvalue weighted by Crippen LogP contribution is -2.06. The van der Waals surface area contributed by atoms with Gasteiger partial charge in [-0.15, -0.1) is 0 Å². The summed E-state index contributed by atoms with van der Waals surface area (Å²) in [6.45, 7) is 1.84. The fourth-order valence-electron chi connectivity index (χ4n) is 2.60. The molecule has 24 heavy (non-hydrogen) atoms. The summed E-state index contributed by atoms with van der Waals surface area (Å²) in [4.78, 5) is 12.1. The van der Waals surface area contributed by atoms with E-state index in [0.29, 0.717) is 11.1 Å². The molecule has 1 heterocycles. The number of benzene rings is 2. The molecule has 1 N–H and O–H groups in total. The lowest BCUT2D eigenvalue weighted by Gasteiger charge is -2.08. The fraction of sp³-hybridized carbons (Fsp3) is 0.105. The molecule has 1 amide bonds. The largest absolute Gasteiger partial charge is 0.416 e. The van der Waals surface area contributed by atoms with E-state index in [1.807, 2.05) is 43.3 Å². The number of rotatable bonds is 2. The zero-order valence-electron chi connectivity index (χ0n) is 12.8. The molecule has 0 spiro atoms. The normalized spacial score (nSPS) is 16.2. The van der Waals surface area contributed by atoms with Crippen molar-refractivity contribution in [3.05, 3.63) is 76.9 Å². The van der Waals surface area contributed by atoms with Crippen molar-refractivity contribution in [1.82, 2.24) is 0 Å². The Hall–Kier alpha value is -2.82. The molecule has 1 aliphatic heterocycles. The van der Waals surface area contributed by atoms with E-state index < -0.39 is 17.6 Å². The molecule has 0 bridgehead atoms. The molecule has 3 rings (SSSR count). The minimum absolute atomic E-state index is 0.189. The summed E-state index contributed by atoms with van der Waals surface area (Å²) in [5.41, 5.74) is 2.07. The zero-order chi connectivity index (χ0) is 17.3. The predicted molar refractivity (Wildman–Crippen MR) is 88.1 cm³/mol. The molecule has 5 heteroatoms. The van der Waals surface area contributed by atoms with Gasteiger partial charge in [0.15, 0.2) is 0 Å². The molecule has 122 valence electrons. The number of amides is 1. The third-order valence-electron chi connectivity index (χ3n) is 3.70. The van der Waals surface area contributed by atoms with Gasteiger partial charge >= 0.3 is 6.18 Å². The monoisotopic (exact) mass is 329 g/mol. The number of carbonyl (C=O) groups is 1. The van der Waals surface area contributed by atoms with Gasteiger partial charge in [-0.05, 0) is 36.3 Å². The van der Waals surface area contributed by atoms with Gasteiger partial charge in [-0.1, -0.05) is 42.5 Å². The van der Waals surface area contributed by atoms with Crippen molar-refractivity contribution in [1.29, 1.82) is 0 Å². The van der Waals surface area contributed by atoms with Crippen LogP contribution >= 0.6 is 0 Å². The van der Waals surface area contributed by atoms with Crippen LogP contribution < -0.4 is 5.32 Å². The Labute approximate surface area is 137 Å². The highest BCUT2D eigenvalue weighted by molar-refractivity contribution is 6.32. The van der Waals surface area contributed by atoms with E-state index in [1.165, 1.54) is 6.07 Å². The van der Waals surface area contributed by atoms with Crippen molar-refractivity contribution in [3.8, 4) is 0 Å². The molecular weight excluding hydrogens is 315 g/mol. The number of allylic oxidation sites excluding steroid dienone is 2. The van der Waals surface area contributed by atoms with Crippen molar-refractivity contribution < 1.29 is 18.0 Å². The van der Waals surface area contributed by atoms with Crippen molar-refractivity contribution in [2.45, 2.75) is 13.1 Å². The third kappa shape index (κ3) is 3.25. The summed E-state index contributed by atoms with van der Waals surface area (Å²) in [6.07, 6.45) is -0.848. The zero-order valence-corrected chi connectivity index (χ0v) is 12.8. The van der Waals surface area contributed by atoms with E-state index in [-0.39, 0.29) is 5.69 Å². The van der Waals surface area contributed by atoms with Crippen LogP contribution in [0.15, 0.2) is 60.2 Å². The predicted octanol–water partition coefficient (Wildman–Crippen LogP) is 5.14. The first-order valence-electron chi connectivity index (χ1n) is 7.32. The number of halogens is 3. The van der Waals surface area contributed by atoms with Crippen molar-refractivity contribution in [3.63, 3.8) is 0 Å². The first-order valence-corrected chi connectivity index (χ1v) is 7.32. The number of fused-ring (bicyclic) bond motifs is 1. The highest BCUT2D eigenvalue weighted by Crippen LogP contribution is 2.38. The highest BCUT2D eigenvalue weighted by Gasteiger charge is 2.33. The average molecular weight is 329 g/mol. The van der Waals surface area contributed by atoms with E-state index in [2.05, 4.69) is 5.32 Å². The number of nitrogens with one attached hydrogen (secondary N) is 1. The Bertz CT molecular complexity index is 849. The minimum Gasteiger partial charge on any atom is -0.321 e. The van der Waals surface area contributed by atoms with Crippen LogP contribution in [0.3, 0.4) is 0 Å². The number of anilines is 1. The highest BCUT2D eigenvalue weighted by atomic mass is 19.4. The van der Waals surface area contributed by atoms with Gasteiger partial charge in [0.25, 0.3) is 5.91 Å². The topological polar surface area (TPSA) is 29.1 Å². The molecule has 0 saturated carbocycles. The molecule has 0 aromatic heterocycles. The van der Waals surface area contributed by atoms with Crippen LogP contribution in [0.2, 0.25) is 0 Å². The van der Waals surface area contributed by atoms with Gasteiger partial charge in [0.1, 0.15) is 0 Å². The number of hydrogen-bond acceptors (Lipinski definition) is 1. The third-order valence-corrected chi connectivity index (χ3v) is 3.70. The van der Waals surface area contributed by atoms with E-state index in [9.17, 15) is 18.0 Å². The second-order valence-corrected chi connectivity index (χ2v) is 5.57. The van der Waals surface area contributed by atoms with Crippen LogP contribution in [-0.2, 0) is 11.0 Å². The number of hydrogen-bond donors (Lipinski definition) is 1. The standard InChI is InChI=1S/C19H14F3NO/c1-12(9-13-5-3-2-4-6-13)10-16-15-8-7-14(19(20,21)22)11-17(15)23-18(16)24/h2-11H,1H3,(H,23,24)/b12-9+,16-10+. The minimum atomic E-state index is -4.44. The van der Waals surface area contributed by atoms with Gasteiger partial charge in [-0.2, -0.15) is 13.2 Å². The fourth-order valence-corrected chi connectivity index (χ4v) is 2.60. The molecule has 0 aliphatic carbocycles. The summed E-state index contributed by atoms with van der Waals surface area (Å²) < 4.78 is 38.3. The molecule has 2 aromatic carbocycles. The number of alkyl halides is 3. The van der Waals surface area contributed by atoms with Crippen LogP contribution in [0.5, 0.6) is 0 Å². The van der Waals surface area contributed by atoms with Gasteiger partial charge in [0, 0.05) is 16.8 Å². The van der Waals surface area contributed by atoms with Crippen LogP contribution in [-0.4, -0.2) is 5.91 Å². The summed E-state index contributed by atoms with van der Waals surface area (Å²) >= 11 is 0. The van der Waals surface area contributed by atoms with Gasteiger partial charge in [0.05, 0.1) is 5.56 Å². The second-order valence-electron chi connectivity index (χ2n) is 5.57. The van der Waals surface area contributed by atoms with Gasteiger partial charge in [0.2, 0.25) is 0 Å². The van der Waals surface area contributed by atoms with Gasteiger partial charge in [-0.3, -0.25) is 4.79 Å². The quantitative estimate of drug-likeness (QED) is 0.759. The Morgan fingerprint density at radius 3 is 2.46 bits per heavy atom. The lowest BCUT2D eigenvalue weighted by molar-refractivity contribution is -0.137. The maximum atomic E-state index is 12.8. The molecule has 2 nitrogen and oxygen atoms in total. The molecule has 0 fully saturated rings. The maximum Gasteiger partial charge on any atom is 0.416 e. The molecular formula is C19H14F3NO. The number of carbonyl (C=O) groups excluding carboxylic acids is 1. The summed E-state index contributed by atoms with van der Waals surface area (Å²) in [5, 5.41) is 2.49. The molecule has 0 unspecified atom stereocenters. The smallest absolute Gasteiger partial charge is 0.321 e. The first kappa shape index (κ1) is 16.1. The van der Waals surface area contributed by atoms with Gasteiger partial charge in [-0.25, -0.2) is 0 Å². The van der Waals surface area contributed by atoms with Crippen LogP contribution in [0, 0.1) is 0 Å². The lowest BCUT2D eigenvalue weighted by atomic mass is 10.0. The first-order chi connectivity index (χ1) is 11.3. The molecule has 0 atom stereocenters. The Balaban J connectivity index is 1.96.